The Kier molecular flexibility index (Phi) is 5.02. The van der Waals surface area contributed by atoms with Crippen LogP contribution in [0.15, 0.2) is 36.4 Å². The van der Waals surface area contributed by atoms with Gasteiger partial charge in [0.25, 0.3) is 0 Å². The fourth-order valence-corrected chi connectivity index (χ4v) is 3.30. The first-order valence-electron chi connectivity index (χ1n) is 7.98. The van der Waals surface area contributed by atoms with E-state index in [-0.39, 0.29) is 24.8 Å². The van der Waals surface area contributed by atoms with Crippen molar-refractivity contribution in [2.24, 2.45) is 5.92 Å². The second kappa shape index (κ2) is 7.06. The number of halogens is 2. The second-order valence-corrected chi connectivity index (χ2v) is 7.15. The zero-order valence-corrected chi connectivity index (χ0v) is 15.5. The van der Waals surface area contributed by atoms with Gasteiger partial charge >= 0.3 is 0 Å². The van der Waals surface area contributed by atoms with Gasteiger partial charge in [0.05, 0.1) is 16.6 Å². The maximum absolute atomic E-state index is 12.6. The minimum absolute atomic E-state index is 0.134. The fourth-order valence-electron chi connectivity index (χ4n) is 2.91. The molecule has 6 heteroatoms. The van der Waals surface area contributed by atoms with Crippen LogP contribution in [0.3, 0.4) is 0 Å². The quantitative estimate of drug-likeness (QED) is 0.850. The highest BCUT2D eigenvalue weighted by molar-refractivity contribution is 6.36. The van der Waals surface area contributed by atoms with Gasteiger partial charge in [-0.15, -0.1) is 0 Å². The molecule has 0 bridgehead atoms. The summed E-state index contributed by atoms with van der Waals surface area (Å²) in [5.41, 5.74) is 3.37. The van der Waals surface area contributed by atoms with Crippen LogP contribution in [-0.2, 0) is 9.59 Å². The van der Waals surface area contributed by atoms with Crippen LogP contribution in [0.2, 0.25) is 10.0 Å². The van der Waals surface area contributed by atoms with E-state index in [1.54, 1.807) is 18.2 Å². The van der Waals surface area contributed by atoms with E-state index in [0.717, 1.165) is 16.8 Å². The first-order chi connectivity index (χ1) is 11.8. The maximum atomic E-state index is 12.6. The predicted molar refractivity (Wildman–Crippen MR) is 101 cm³/mol. The van der Waals surface area contributed by atoms with E-state index >= 15 is 0 Å². The standard InChI is InChI=1S/C19H18Cl2N2O2/c1-11-3-4-12(2)16(7-11)22-19(25)13-8-18(24)23(10-13)17-9-14(20)5-6-15(17)21/h3-7,9,13H,8,10H2,1-2H3,(H,22,25). The Hall–Kier alpha value is -2.04. The lowest BCUT2D eigenvalue weighted by Crippen LogP contribution is -2.28. The Balaban J connectivity index is 1.77. The number of carbonyl (C=O) groups excluding carboxylic acids is 2. The average Bonchev–Trinajstić information content (AvgIpc) is 2.95. The van der Waals surface area contributed by atoms with Gasteiger partial charge in [0.15, 0.2) is 0 Å². The van der Waals surface area contributed by atoms with Crippen LogP contribution in [0.4, 0.5) is 11.4 Å². The van der Waals surface area contributed by atoms with Crippen molar-refractivity contribution in [1.29, 1.82) is 0 Å². The summed E-state index contributed by atoms with van der Waals surface area (Å²) < 4.78 is 0. The number of anilines is 2. The summed E-state index contributed by atoms with van der Waals surface area (Å²) in [5, 5.41) is 3.87. The number of carbonyl (C=O) groups is 2. The van der Waals surface area contributed by atoms with Gasteiger partial charge in [0.2, 0.25) is 11.8 Å². The van der Waals surface area contributed by atoms with Gasteiger partial charge in [0.1, 0.15) is 0 Å². The molecule has 25 heavy (non-hydrogen) atoms. The Morgan fingerprint density at radius 3 is 2.68 bits per heavy atom. The van der Waals surface area contributed by atoms with Gasteiger partial charge in [0, 0.05) is 23.7 Å². The molecule has 2 aromatic rings. The Labute approximate surface area is 156 Å². The molecule has 3 rings (SSSR count). The molecule has 0 aliphatic carbocycles. The van der Waals surface area contributed by atoms with Gasteiger partial charge in [-0.25, -0.2) is 0 Å². The maximum Gasteiger partial charge on any atom is 0.229 e. The molecule has 0 radical (unpaired) electrons. The van der Waals surface area contributed by atoms with Crippen molar-refractivity contribution in [1.82, 2.24) is 0 Å². The molecule has 1 aliphatic heterocycles. The molecule has 1 aliphatic rings. The summed E-state index contributed by atoms with van der Waals surface area (Å²) in [6.07, 6.45) is 0.152. The van der Waals surface area contributed by atoms with E-state index in [0.29, 0.717) is 15.7 Å². The smallest absolute Gasteiger partial charge is 0.229 e. The number of benzene rings is 2. The van der Waals surface area contributed by atoms with Crippen LogP contribution in [0, 0.1) is 19.8 Å². The zero-order valence-electron chi connectivity index (χ0n) is 14.0. The van der Waals surface area contributed by atoms with Crippen molar-refractivity contribution >= 4 is 46.4 Å². The monoisotopic (exact) mass is 376 g/mol. The zero-order chi connectivity index (χ0) is 18.1. The van der Waals surface area contributed by atoms with Gasteiger partial charge in [-0.3, -0.25) is 9.59 Å². The number of aryl methyl sites for hydroxylation is 2. The van der Waals surface area contributed by atoms with Crippen LogP contribution < -0.4 is 10.2 Å². The van der Waals surface area contributed by atoms with E-state index in [1.807, 2.05) is 32.0 Å². The summed E-state index contributed by atoms with van der Waals surface area (Å²) in [6, 6.07) is 10.8. The lowest BCUT2D eigenvalue weighted by Gasteiger charge is -2.18. The molecule has 1 atom stereocenters. The van der Waals surface area contributed by atoms with E-state index in [2.05, 4.69) is 5.32 Å². The molecule has 4 nitrogen and oxygen atoms in total. The molecule has 0 aromatic heterocycles. The van der Waals surface area contributed by atoms with Gasteiger partial charge in [-0.1, -0.05) is 35.3 Å². The summed E-state index contributed by atoms with van der Waals surface area (Å²) in [4.78, 5) is 26.5. The molecular weight excluding hydrogens is 359 g/mol. The Morgan fingerprint density at radius 1 is 1.16 bits per heavy atom. The third-order valence-electron chi connectivity index (χ3n) is 4.35. The normalized spacial score (nSPS) is 17.0. The summed E-state index contributed by atoms with van der Waals surface area (Å²) in [5.74, 6) is -0.726. The topological polar surface area (TPSA) is 49.4 Å². The largest absolute Gasteiger partial charge is 0.326 e. The van der Waals surface area contributed by atoms with Crippen molar-refractivity contribution < 1.29 is 9.59 Å². The van der Waals surface area contributed by atoms with Crippen molar-refractivity contribution in [2.45, 2.75) is 20.3 Å². The molecule has 0 spiro atoms. The van der Waals surface area contributed by atoms with Gasteiger partial charge < -0.3 is 10.2 Å². The third kappa shape index (κ3) is 3.80. The Morgan fingerprint density at radius 2 is 1.92 bits per heavy atom. The molecule has 1 saturated heterocycles. The number of amides is 2. The van der Waals surface area contributed by atoms with E-state index in [9.17, 15) is 9.59 Å². The van der Waals surface area contributed by atoms with Crippen molar-refractivity contribution in [2.75, 3.05) is 16.8 Å². The predicted octanol–water partition coefficient (Wildman–Crippen LogP) is 4.60. The number of nitrogens with one attached hydrogen (secondary N) is 1. The lowest BCUT2D eigenvalue weighted by atomic mass is 10.1. The second-order valence-electron chi connectivity index (χ2n) is 6.31. The Bertz CT molecular complexity index is 851. The van der Waals surface area contributed by atoms with Crippen molar-refractivity contribution in [3.8, 4) is 0 Å². The first kappa shape index (κ1) is 17.8. The van der Waals surface area contributed by atoms with Crippen molar-refractivity contribution in [3.63, 3.8) is 0 Å². The molecular formula is C19H18Cl2N2O2. The molecule has 2 amide bonds. The van der Waals surface area contributed by atoms with E-state index < -0.39 is 5.92 Å². The lowest BCUT2D eigenvalue weighted by molar-refractivity contribution is -0.122. The van der Waals surface area contributed by atoms with Crippen LogP contribution in [0.1, 0.15) is 17.5 Å². The molecule has 0 saturated carbocycles. The molecule has 1 N–H and O–H groups in total. The number of nitrogens with zero attached hydrogens (tertiary/aromatic N) is 1. The van der Waals surface area contributed by atoms with Gasteiger partial charge in [-0.2, -0.15) is 0 Å². The van der Waals surface area contributed by atoms with Gasteiger partial charge in [-0.05, 0) is 49.2 Å². The molecule has 2 aromatic carbocycles. The van der Waals surface area contributed by atoms with E-state index in [4.69, 9.17) is 23.2 Å². The number of hydrogen-bond donors (Lipinski definition) is 1. The average molecular weight is 377 g/mol. The minimum Gasteiger partial charge on any atom is -0.326 e. The van der Waals surface area contributed by atoms with Crippen molar-refractivity contribution in [3.05, 3.63) is 57.6 Å². The van der Waals surface area contributed by atoms with E-state index in [1.165, 1.54) is 4.90 Å². The number of hydrogen-bond acceptors (Lipinski definition) is 2. The SMILES string of the molecule is Cc1ccc(C)c(NC(=O)C2CC(=O)N(c3cc(Cl)ccc3Cl)C2)c1. The highest BCUT2D eigenvalue weighted by Gasteiger charge is 2.36. The first-order valence-corrected chi connectivity index (χ1v) is 8.74. The van der Waals surface area contributed by atoms with Crippen LogP contribution in [-0.4, -0.2) is 18.4 Å². The third-order valence-corrected chi connectivity index (χ3v) is 4.90. The molecule has 1 unspecified atom stereocenters. The van der Waals surface area contributed by atoms with Crippen LogP contribution in [0.5, 0.6) is 0 Å². The summed E-state index contributed by atoms with van der Waals surface area (Å²) >= 11 is 12.2. The molecule has 1 heterocycles. The summed E-state index contributed by atoms with van der Waals surface area (Å²) in [7, 11) is 0. The number of rotatable bonds is 3. The highest BCUT2D eigenvalue weighted by atomic mass is 35.5. The highest BCUT2D eigenvalue weighted by Crippen LogP contribution is 2.33. The van der Waals surface area contributed by atoms with Crippen LogP contribution >= 0.6 is 23.2 Å². The summed E-state index contributed by atoms with van der Waals surface area (Å²) in [6.45, 7) is 4.19. The fraction of sp³-hybridized carbons (Fsp3) is 0.263. The minimum atomic E-state index is -0.428. The molecule has 1 fully saturated rings. The molecule has 130 valence electrons. The van der Waals surface area contributed by atoms with Crippen LogP contribution in [0.25, 0.3) is 0 Å².